The van der Waals surface area contributed by atoms with Gasteiger partial charge < -0.3 is 10.1 Å². The molecule has 4 nitrogen and oxygen atoms in total. The highest BCUT2D eigenvalue weighted by Gasteiger charge is 2.15. The molecule has 0 saturated heterocycles. The first-order valence-electron chi connectivity index (χ1n) is 8.49. The van der Waals surface area contributed by atoms with E-state index in [1.54, 1.807) is 6.07 Å². The number of methoxy groups -OCH3 is 1. The van der Waals surface area contributed by atoms with Crippen LogP contribution in [0, 0.1) is 0 Å². The molecule has 1 aromatic carbocycles. The maximum Gasteiger partial charge on any atom is 0.232 e. The molecule has 1 aromatic heterocycles. The van der Waals surface area contributed by atoms with Crippen LogP contribution in [-0.2, 0) is 10.2 Å². The second-order valence-electron chi connectivity index (χ2n) is 7.07. The third-order valence-electron chi connectivity index (χ3n) is 4.00. The molecule has 0 unspecified atom stereocenters. The molecule has 5 heteroatoms. The fraction of sp³-hybridized carbons (Fsp3) is 0.333. The molecule has 26 heavy (non-hydrogen) atoms. The lowest BCUT2D eigenvalue weighted by Crippen LogP contribution is -2.19. The molecule has 0 aliphatic carbocycles. The Balaban J connectivity index is 2.46. The zero-order valence-corrected chi connectivity index (χ0v) is 16.6. The Morgan fingerprint density at radius 1 is 1.19 bits per heavy atom. The van der Waals surface area contributed by atoms with Crippen molar-refractivity contribution in [3.63, 3.8) is 0 Å². The molecule has 0 saturated carbocycles. The Bertz CT molecular complexity index is 806. The fourth-order valence-corrected chi connectivity index (χ4v) is 2.72. The van der Waals surface area contributed by atoms with Crippen molar-refractivity contribution in [1.82, 2.24) is 10.3 Å². The van der Waals surface area contributed by atoms with E-state index in [2.05, 4.69) is 55.3 Å². The van der Waals surface area contributed by atoms with E-state index < -0.39 is 0 Å². The number of amides is 1. The largest absolute Gasteiger partial charge is 0.480 e. The molecule has 1 heterocycles. The van der Waals surface area contributed by atoms with Gasteiger partial charge in [0.15, 0.2) is 0 Å². The summed E-state index contributed by atoms with van der Waals surface area (Å²) in [5.41, 5.74) is 4.00. The molecular weight excluding hydrogens is 348 g/mol. The van der Waals surface area contributed by atoms with E-state index in [0.29, 0.717) is 17.4 Å². The van der Waals surface area contributed by atoms with E-state index in [-0.39, 0.29) is 11.3 Å². The number of pyridine rings is 1. The lowest BCUT2D eigenvalue weighted by molar-refractivity contribution is -0.118. The quantitative estimate of drug-likeness (QED) is 0.833. The number of carbonyl (C=O) groups is 1. The number of rotatable bonds is 5. The SMILES string of the molecule is COc1nc(/C(=C/CNC(C)=O)c2ccc(C(C)(C)C)cc2)ccc1Cl. The van der Waals surface area contributed by atoms with Crippen molar-refractivity contribution in [2.24, 2.45) is 0 Å². The highest BCUT2D eigenvalue weighted by molar-refractivity contribution is 6.31. The number of halogens is 1. The fourth-order valence-electron chi connectivity index (χ4n) is 2.53. The van der Waals surface area contributed by atoms with E-state index in [4.69, 9.17) is 16.3 Å². The van der Waals surface area contributed by atoms with Gasteiger partial charge in [0.05, 0.1) is 12.8 Å². The van der Waals surface area contributed by atoms with Gasteiger partial charge in [0.25, 0.3) is 0 Å². The van der Waals surface area contributed by atoms with Crippen molar-refractivity contribution in [2.45, 2.75) is 33.1 Å². The van der Waals surface area contributed by atoms with Gasteiger partial charge in [-0.1, -0.05) is 62.7 Å². The normalized spacial score (nSPS) is 12.0. The third-order valence-corrected chi connectivity index (χ3v) is 4.29. The molecule has 0 aliphatic heterocycles. The maximum atomic E-state index is 11.2. The number of carbonyl (C=O) groups excluding carboxylic acids is 1. The number of aromatic nitrogens is 1. The first kappa shape index (κ1) is 20.0. The number of nitrogens with one attached hydrogen (secondary N) is 1. The summed E-state index contributed by atoms with van der Waals surface area (Å²) in [6, 6.07) is 12.0. The van der Waals surface area contributed by atoms with E-state index in [0.717, 1.165) is 16.8 Å². The number of benzene rings is 1. The minimum atomic E-state index is -0.0784. The molecular formula is C21H25ClN2O2. The summed E-state index contributed by atoms with van der Waals surface area (Å²) in [6.45, 7) is 8.46. The molecule has 0 aliphatic rings. The smallest absolute Gasteiger partial charge is 0.232 e. The average molecular weight is 373 g/mol. The van der Waals surface area contributed by atoms with E-state index in [1.165, 1.54) is 19.6 Å². The number of nitrogens with zero attached hydrogens (tertiary/aromatic N) is 1. The van der Waals surface area contributed by atoms with Crippen LogP contribution in [0.15, 0.2) is 42.5 Å². The van der Waals surface area contributed by atoms with Gasteiger partial charge in [0.1, 0.15) is 5.02 Å². The monoisotopic (exact) mass is 372 g/mol. The zero-order chi connectivity index (χ0) is 19.3. The topological polar surface area (TPSA) is 51.2 Å². The van der Waals surface area contributed by atoms with Crippen LogP contribution >= 0.6 is 11.6 Å². The Morgan fingerprint density at radius 2 is 1.85 bits per heavy atom. The number of hydrogen-bond acceptors (Lipinski definition) is 3. The second kappa shape index (κ2) is 8.37. The molecule has 1 N–H and O–H groups in total. The molecule has 2 aromatic rings. The first-order valence-corrected chi connectivity index (χ1v) is 8.86. The predicted molar refractivity (Wildman–Crippen MR) is 107 cm³/mol. The van der Waals surface area contributed by atoms with E-state index in [9.17, 15) is 4.79 Å². The van der Waals surface area contributed by atoms with Crippen LogP contribution in [-0.4, -0.2) is 24.5 Å². The van der Waals surface area contributed by atoms with Crippen molar-refractivity contribution in [3.8, 4) is 5.88 Å². The van der Waals surface area contributed by atoms with Gasteiger partial charge in [0, 0.05) is 19.0 Å². The molecule has 1 amide bonds. The summed E-state index contributed by atoms with van der Waals surface area (Å²) < 4.78 is 5.24. The summed E-state index contributed by atoms with van der Waals surface area (Å²) in [7, 11) is 1.54. The number of hydrogen-bond donors (Lipinski definition) is 1. The average Bonchev–Trinajstić information content (AvgIpc) is 2.59. The summed E-state index contributed by atoms with van der Waals surface area (Å²) >= 11 is 6.10. The van der Waals surface area contributed by atoms with Gasteiger partial charge >= 0.3 is 0 Å². The van der Waals surface area contributed by atoms with E-state index >= 15 is 0 Å². The lowest BCUT2D eigenvalue weighted by Gasteiger charge is -2.19. The molecule has 0 atom stereocenters. The summed E-state index contributed by atoms with van der Waals surface area (Å²) in [4.78, 5) is 15.7. The molecule has 0 spiro atoms. The highest BCUT2D eigenvalue weighted by atomic mass is 35.5. The standard InChI is InChI=1S/C21H25ClN2O2/c1-14(25)23-13-12-17(19-11-10-18(22)20(24-19)26-5)15-6-8-16(9-7-15)21(2,3)4/h6-12H,13H2,1-5H3,(H,23,25)/b17-12+. The van der Waals surface area contributed by atoms with Crippen LogP contribution in [0.3, 0.4) is 0 Å². The lowest BCUT2D eigenvalue weighted by atomic mass is 9.86. The molecule has 0 fully saturated rings. The Labute approximate surface area is 160 Å². The minimum Gasteiger partial charge on any atom is -0.480 e. The number of ether oxygens (including phenoxy) is 1. The molecule has 138 valence electrons. The van der Waals surface area contributed by atoms with Crippen molar-refractivity contribution >= 4 is 23.1 Å². The van der Waals surface area contributed by atoms with Crippen LogP contribution in [0.5, 0.6) is 5.88 Å². The third kappa shape index (κ3) is 5.09. The maximum absolute atomic E-state index is 11.2. The van der Waals surface area contributed by atoms with Crippen LogP contribution in [0.25, 0.3) is 5.57 Å². The van der Waals surface area contributed by atoms with Crippen LogP contribution in [0.4, 0.5) is 0 Å². The van der Waals surface area contributed by atoms with Crippen molar-refractivity contribution in [2.75, 3.05) is 13.7 Å². The molecule has 2 rings (SSSR count). The first-order chi connectivity index (χ1) is 12.2. The highest BCUT2D eigenvalue weighted by Crippen LogP contribution is 2.29. The van der Waals surface area contributed by atoms with Crippen molar-refractivity contribution in [1.29, 1.82) is 0 Å². The Hall–Kier alpha value is -2.33. The van der Waals surface area contributed by atoms with Crippen molar-refractivity contribution < 1.29 is 9.53 Å². The second-order valence-corrected chi connectivity index (χ2v) is 7.48. The summed E-state index contributed by atoms with van der Waals surface area (Å²) in [6.07, 6.45) is 1.95. The van der Waals surface area contributed by atoms with Crippen LogP contribution in [0.1, 0.15) is 44.5 Å². The molecule has 0 radical (unpaired) electrons. The Morgan fingerprint density at radius 3 is 2.38 bits per heavy atom. The van der Waals surface area contributed by atoms with Crippen molar-refractivity contribution in [3.05, 3.63) is 64.3 Å². The molecule has 0 bridgehead atoms. The van der Waals surface area contributed by atoms with E-state index in [1.807, 2.05) is 12.1 Å². The van der Waals surface area contributed by atoms with Gasteiger partial charge in [0.2, 0.25) is 11.8 Å². The Kier molecular flexibility index (Phi) is 6.43. The van der Waals surface area contributed by atoms with Gasteiger partial charge in [-0.2, -0.15) is 0 Å². The van der Waals surface area contributed by atoms with Gasteiger partial charge in [-0.15, -0.1) is 0 Å². The predicted octanol–water partition coefficient (Wildman–Crippen LogP) is 4.61. The zero-order valence-electron chi connectivity index (χ0n) is 15.9. The van der Waals surface area contributed by atoms with Gasteiger partial charge in [-0.3, -0.25) is 4.79 Å². The van der Waals surface area contributed by atoms with Gasteiger partial charge in [-0.25, -0.2) is 4.98 Å². The van der Waals surface area contributed by atoms with Crippen LogP contribution in [0.2, 0.25) is 5.02 Å². The van der Waals surface area contributed by atoms with Gasteiger partial charge in [-0.05, 0) is 28.7 Å². The minimum absolute atomic E-state index is 0.0784. The summed E-state index contributed by atoms with van der Waals surface area (Å²) in [5.74, 6) is 0.297. The summed E-state index contributed by atoms with van der Waals surface area (Å²) in [5, 5.41) is 3.25. The van der Waals surface area contributed by atoms with Crippen LogP contribution < -0.4 is 10.1 Å².